The lowest BCUT2D eigenvalue weighted by Gasteiger charge is -2.23. The minimum absolute atomic E-state index is 0.139. The molecule has 4 nitrogen and oxygen atoms in total. The quantitative estimate of drug-likeness (QED) is 0.851. The second kappa shape index (κ2) is 5.59. The second-order valence-electron chi connectivity index (χ2n) is 4.95. The molecule has 0 bridgehead atoms. The van der Waals surface area contributed by atoms with E-state index >= 15 is 0 Å². The fourth-order valence-electron chi connectivity index (χ4n) is 1.51. The highest BCUT2D eigenvalue weighted by molar-refractivity contribution is 9.10. The van der Waals surface area contributed by atoms with Gasteiger partial charge in [0.25, 0.3) is 0 Å². The van der Waals surface area contributed by atoms with Gasteiger partial charge in [0.2, 0.25) is 5.91 Å². The standard InChI is InChI=1S/C13H15BrClNO3/c1-13(2,7-15)12(17)16-9-6-11-10(5-8(9)14)18-3-4-19-11/h5-6H,3-4,7H2,1-2H3,(H,16,17). The smallest absolute Gasteiger partial charge is 0.231 e. The Morgan fingerprint density at radius 2 is 1.95 bits per heavy atom. The molecule has 6 heteroatoms. The highest BCUT2D eigenvalue weighted by Gasteiger charge is 2.27. The van der Waals surface area contributed by atoms with Crippen LogP contribution in [0.4, 0.5) is 5.69 Å². The molecular weight excluding hydrogens is 334 g/mol. The third-order valence-electron chi connectivity index (χ3n) is 2.83. The lowest BCUT2D eigenvalue weighted by molar-refractivity contribution is -0.122. The van der Waals surface area contributed by atoms with Gasteiger partial charge >= 0.3 is 0 Å². The number of anilines is 1. The van der Waals surface area contributed by atoms with Gasteiger partial charge in [0.15, 0.2) is 11.5 Å². The van der Waals surface area contributed by atoms with Gasteiger partial charge in [-0.15, -0.1) is 11.6 Å². The van der Waals surface area contributed by atoms with Crippen molar-refractivity contribution in [2.45, 2.75) is 13.8 Å². The molecule has 1 aliphatic rings. The van der Waals surface area contributed by atoms with Gasteiger partial charge in [-0.05, 0) is 29.8 Å². The molecular formula is C13H15BrClNO3. The highest BCUT2D eigenvalue weighted by Crippen LogP contribution is 2.38. The van der Waals surface area contributed by atoms with E-state index in [1.165, 1.54) is 0 Å². The molecule has 1 N–H and O–H groups in total. The van der Waals surface area contributed by atoms with Gasteiger partial charge in [-0.1, -0.05) is 0 Å². The van der Waals surface area contributed by atoms with E-state index in [-0.39, 0.29) is 11.8 Å². The minimum atomic E-state index is -0.631. The number of benzene rings is 1. The topological polar surface area (TPSA) is 47.6 Å². The number of fused-ring (bicyclic) bond motifs is 1. The fourth-order valence-corrected chi connectivity index (χ4v) is 2.05. The van der Waals surface area contributed by atoms with Crippen LogP contribution in [0.15, 0.2) is 16.6 Å². The molecule has 0 spiro atoms. The Labute approximate surface area is 125 Å². The summed E-state index contributed by atoms with van der Waals surface area (Å²) in [4.78, 5) is 12.1. The van der Waals surface area contributed by atoms with Crippen molar-refractivity contribution < 1.29 is 14.3 Å². The third-order valence-corrected chi connectivity index (χ3v) is 4.15. The molecule has 0 radical (unpaired) electrons. The van der Waals surface area contributed by atoms with Gasteiger partial charge in [0, 0.05) is 22.5 Å². The normalized spacial score (nSPS) is 14.1. The third kappa shape index (κ3) is 3.15. The van der Waals surface area contributed by atoms with Crippen LogP contribution in [-0.4, -0.2) is 25.0 Å². The average molecular weight is 349 g/mol. The number of carbonyl (C=O) groups is 1. The Morgan fingerprint density at radius 3 is 2.53 bits per heavy atom. The summed E-state index contributed by atoms with van der Waals surface area (Å²) in [5.74, 6) is 1.42. The SMILES string of the molecule is CC(C)(CCl)C(=O)Nc1cc2c(cc1Br)OCCO2. The van der Waals surface area contributed by atoms with E-state index in [0.29, 0.717) is 30.4 Å². The van der Waals surface area contributed by atoms with Crippen molar-refractivity contribution in [3.63, 3.8) is 0 Å². The first-order valence-electron chi connectivity index (χ1n) is 5.90. The molecule has 0 saturated carbocycles. The summed E-state index contributed by atoms with van der Waals surface area (Å²) in [5, 5.41) is 2.85. The lowest BCUT2D eigenvalue weighted by atomic mass is 9.95. The van der Waals surface area contributed by atoms with Crippen molar-refractivity contribution in [3.8, 4) is 11.5 Å². The van der Waals surface area contributed by atoms with Crippen LogP contribution in [0.2, 0.25) is 0 Å². The van der Waals surface area contributed by atoms with Crippen molar-refractivity contribution in [2.24, 2.45) is 5.41 Å². The molecule has 0 atom stereocenters. The average Bonchev–Trinajstić information content (AvgIpc) is 2.39. The van der Waals surface area contributed by atoms with E-state index in [1.54, 1.807) is 26.0 Å². The maximum atomic E-state index is 12.1. The molecule has 0 aromatic heterocycles. The zero-order chi connectivity index (χ0) is 14.0. The van der Waals surface area contributed by atoms with E-state index in [9.17, 15) is 4.79 Å². The van der Waals surface area contributed by atoms with E-state index in [4.69, 9.17) is 21.1 Å². The van der Waals surface area contributed by atoms with Crippen LogP contribution in [0, 0.1) is 5.41 Å². The largest absolute Gasteiger partial charge is 0.486 e. The molecule has 19 heavy (non-hydrogen) atoms. The molecule has 1 aromatic rings. The van der Waals surface area contributed by atoms with Gasteiger partial charge < -0.3 is 14.8 Å². The Morgan fingerprint density at radius 1 is 1.37 bits per heavy atom. The number of halogens is 2. The van der Waals surface area contributed by atoms with E-state index in [1.807, 2.05) is 0 Å². The van der Waals surface area contributed by atoms with Crippen LogP contribution in [-0.2, 0) is 4.79 Å². The Hall–Kier alpha value is -0.940. The van der Waals surface area contributed by atoms with Gasteiger partial charge in [-0.25, -0.2) is 0 Å². The van der Waals surface area contributed by atoms with Gasteiger partial charge in [0.05, 0.1) is 11.1 Å². The number of hydrogen-bond acceptors (Lipinski definition) is 3. The predicted molar refractivity (Wildman–Crippen MR) is 78.3 cm³/mol. The summed E-state index contributed by atoms with van der Waals surface area (Å²) in [6.45, 7) is 4.63. The molecule has 0 saturated heterocycles. The summed E-state index contributed by atoms with van der Waals surface area (Å²) in [6, 6.07) is 3.54. The van der Waals surface area contributed by atoms with Crippen molar-refractivity contribution >= 4 is 39.1 Å². The highest BCUT2D eigenvalue weighted by atomic mass is 79.9. The maximum absolute atomic E-state index is 12.1. The molecule has 1 heterocycles. The van der Waals surface area contributed by atoms with Crippen molar-refractivity contribution in [1.82, 2.24) is 0 Å². The second-order valence-corrected chi connectivity index (χ2v) is 6.07. The molecule has 104 valence electrons. The zero-order valence-corrected chi connectivity index (χ0v) is 13.1. The monoisotopic (exact) mass is 347 g/mol. The van der Waals surface area contributed by atoms with E-state index < -0.39 is 5.41 Å². The summed E-state index contributed by atoms with van der Waals surface area (Å²) >= 11 is 9.20. The minimum Gasteiger partial charge on any atom is -0.486 e. The van der Waals surface area contributed by atoms with Crippen LogP contribution < -0.4 is 14.8 Å². The van der Waals surface area contributed by atoms with E-state index in [2.05, 4.69) is 21.2 Å². The van der Waals surface area contributed by atoms with Gasteiger partial charge in [-0.3, -0.25) is 4.79 Å². The molecule has 0 fully saturated rings. The lowest BCUT2D eigenvalue weighted by Crippen LogP contribution is -2.32. The van der Waals surface area contributed by atoms with E-state index in [0.717, 1.165) is 4.47 Å². The Balaban J connectivity index is 2.24. The van der Waals surface area contributed by atoms with Crippen LogP contribution in [0.5, 0.6) is 11.5 Å². The number of hydrogen-bond donors (Lipinski definition) is 1. The molecule has 2 rings (SSSR count). The number of carbonyl (C=O) groups excluding carboxylic acids is 1. The summed E-state index contributed by atoms with van der Waals surface area (Å²) in [6.07, 6.45) is 0. The number of alkyl halides is 1. The summed E-state index contributed by atoms with van der Waals surface area (Å²) < 4.78 is 11.7. The summed E-state index contributed by atoms with van der Waals surface area (Å²) in [5.41, 5.74) is 0.0151. The maximum Gasteiger partial charge on any atom is 0.231 e. The van der Waals surface area contributed by atoms with Crippen molar-refractivity contribution in [2.75, 3.05) is 24.4 Å². The first kappa shape index (κ1) is 14.5. The Kier molecular flexibility index (Phi) is 4.26. The molecule has 1 aliphatic heterocycles. The van der Waals surface area contributed by atoms with Gasteiger partial charge in [-0.2, -0.15) is 0 Å². The predicted octanol–water partition coefficient (Wildman–Crippen LogP) is 3.42. The zero-order valence-electron chi connectivity index (χ0n) is 10.8. The molecule has 1 amide bonds. The van der Waals surface area contributed by atoms with Crippen LogP contribution in [0.3, 0.4) is 0 Å². The number of nitrogens with one attached hydrogen (secondary N) is 1. The Bertz CT molecular complexity index is 505. The molecule has 0 unspecified atom stereocenters. The first-order valence-corrected chi connectivity index (χ1v) is 7.23. The van der Waals surface area contributed by atoms with Crippen LogP contribution in [0.25, 0.3) is 0 Å². The van der Waals surface area contributed by atoms with Crippen molar-refractivity contribution in [1.29, 1.82) is 0 Å². The number of rotatable bonds is 3. The van der Waals surface area contributed by atoms with Gasteiger partial charge in [0.1, 0.15) is 13.2 Å². The summed E-state index contributed by atoms with van der Waals surface area (Å²) in [7, 11) is 0. The molecule has 0 aliphatic carbocycles. The van der Waals surface area contributed by atoms with Crippen LogP contribution in [0.1, 0.15) is 13.8 Å². The number of ether oxygens (including phenoxy) is 2. The molecule has 1 aromatic carbocycles. The number of amides is 1. The fraction of sp³-hybridized carbons (Fsp3) is 0.462. The van der Waals surface area contributed by atoms with Crippen LogP contribution >= 0.6 is 27.5 Å². The first-order chi connectivity index (χ1) is 8.94. The van der Waals surface area contributed by atoms with Crippen molar-refractivity contribution in [3.05, 3.63) is 16.6 Å².